The van der Waals surface area contributed by atoms with E-state index in [2.05, 4.69) is 0 Å². The fourth-order valence-electron chi connectivity index (χ4n) is 0.766. The van der Waals surface area contributed by atoms with E-state index in [1.807, 2.05) is 0 Å². The second-order valence-electron chi connectivity index (χ2n) is 2.18. The molecule has 1 aromatic carbocycles. The lowest BCUT2D eigenvalue weighted by Crippen LogP contribution is -1.97. The van der Waals surface area contributed by atoms with Crippen LogP contribution in [0.15, 0.2) is 18.2 Å². The van der Waals surface area contributed by atoms with Gasteiger partial charge in [-0.15, -0.1) is 0 Å². The number of rotatable bonds is 2. The Hall–Kier alpha value is -0.810. The van der Waals surface area contributed by atoms with Gasteiger partial charge >= 0.3 is 0 Å². The Kier molecular flexibility index (Phi) is 2.88. The fourth-order valence-corrected chi connectivity index (χ4v) is 1.25. The van der Waals surface area contributed by atoms with Crippen molar-refractivity contribution in [2.24, 2.45) is 0 Å². The van der Waals surface area contributed by atoms with E-state index in [1.54, 1.807) is 0 Å². The highest BCUT2D eigenvalue weighted by Crippen LogP contribution is 2.10. The van der Waals surface area contributed by atoms with Crippen LogP contribution in [0.4, 0.5) is 8.78 Å². The smallest absolute Gasteiger partial charge is 0.130 e. The highest BCUT2D eigenvalue weighted by Gasteiger charge is 2.02. The molecule has 0 saturated heterocycles. The number of hydrogen-bond donors (Lipinski definition) is 0. The van der Waals surface area contributed by atoms with Gasteiger partial charge in [-0.05, 0) is 11.6 Å². The van der Waals surface area contributed by atoms with E-state index in [1.165, 1.54) is 0 Å². The minimum Gasteiger partial charge on any atom is -0.772 e. The largest absolute Gasteiger partial charge is 0.772 e. The van der Waals surface area contributed by atoms with Crippen LogP contribution < -0.4 is 0 Å². The first-order valence-corrected chi connectivity index (χ1v) is 4.34. The lowest BCUT2D eigenvalue weighted by Gasteiger charge is -2.05. The van der Waals surface area contributed by atoms with Gasteiger partial charge in [0.2, 0.25) is 0 Å². The summed E-state index contributed by atoms with van der Waals surface area (Å²) in [7, 11) is 0. The third-order valence-corrected chi connectivity index (χ3v) is 1.84. The molecule has 0 radical (unpaired) electrons. The number of hydrogen-bond acceptors (Lipinski definition) is 2. The van der Waals surface area contributed by atoms with Crippen LogP contribution in [0.3, 0.4) is 0 Å². The summed E-state index contributed by atoms with van der Waals surface area (Å²) in [5, 5.41) is 0. The van der Waals surface area contributed by atoms with E-state index in [-0.39, 0.29) is 5.56 Å². The summed E-state index contributed by atoms with van der Waals surface area (Å²) >= 11 is -2.35. The van der Waals surface area contributed by atoms with Gasteiger partial charge in [0.25, 0.3) is 0 Å². The van der Waals surface area contributed by atoms with Crippen molar-refractivity contribution in [3.63, 3.8) is 0 Å². The Morgan fingerprint density at radius 3 is 2.58 bits per heavy atom. The zero-order valence-electron chi connectivity index (χ0n) is 5.92. The van der Waals surface area contributed by atoms with Crippen molar-refractivity contribution in [1.82, 2.24) is 0 Å². The van der Waals surface area contributed by atoms with Gasteiger partial charge in [0.15, 0.2) is 0 Å². The summed E-state index contributed by atoms with van der Waals surface area (Å²) in [6.07, 6.45) is 0. The monoisotopic (exact) mass is 191 g/mol. The van der Waals surface area contributed by atoms with Crippen LogP contribution in [-0.2, 0) is 16.8 Å². The second-order valence-corrected chi connectivity index (χ2v) is 3.08. The highest BCUT2D eigenvalue weighted by atomic mass is 32.2. The minimum absolute atomic E-state index is 0.0234. The molecule has 0 saturated carbocycles. The van der Waals surface area contributed by atoms with Gasteiger partial charge in [-0.3, -0.25) is 4.21 Å². The molecule has 2 nitrogen and oxygen atoms in total. The Labute approximate surface area is 70.5 Å². The fraction of sp³-hybridized carbons (Fsp3) is 0.143. The van der Waals surface area contributed by atoms with Crippen LogP contribution in [0.2, 0.25) is 0 Å². The van der Waals surface area contributed by atoms with Gasteiger partial charge in [-0.1, -0.05) is 17.1 Å². The Morgan fingerprint density at radius 2 is 2.08 bits per heavy atom. The first-order valence-electron chi connectivity index (χ1n) is 3.09. The van der Waals surface area contributed by atoms with Crippen molar-refractivity contribution in [2.45, 2.75) is 5.75 Å². The topological polar surface area (TPSA) is 40.1 Å². The first-order chi connectivity index (χ1) is 5.59. The van der Waals surface area contributed by atoms with E-state index in [9.17, 15) is 17.5 Å². The molecular weight excluding hydrogens is 186 g/mol. The summed E-state index contributed by atoms with van der Waals surface area (Å²) in [6.45, 7) is 0. The third-order valence-electron chi connectivity index (χ3n) is 1.29. The van der Waals surface area contributed by atoms with Crippen LogP contribution in [0.5, 0.6) is 0 Å². The Balaban J connectivity index is 2.93. The molecule has 1 unspecified atom stereocenters. The average molecular weight is 191 g/mol. The lowest BCUT2D eigenvalue weighted by atomic mass is 10.2. The van der Waals surface area contributed by atoms with Crippen LogP contribution in [0.1, 0.15) is 5.56 Å². The molecular formula is C7H5F2O2S-. The van der Waals surface area contributed by atoms with Crippen LogP contribution in [-0.4, -0.2) is 8.76 Å². The molecule has 0 N–H and O–H groups in total. The van der Waals surface area contributed by atoms with Crippen LogP contribution >= 0.6 is 0 Å². The van der Waals surface area contributed by atoms with Gasteiger partial charge in [0.05, 0.1) is 0 Å². The molecule has 1 rings (SSSR count). The predicted octanol–water partition coefficient (Wildman–Crippen LogP) is 1.34. The summed E-state index contributed by atoms with van der Waals surface area (Å²) < 4.78 is 45.3. The molecule has 12 heavy (non-hydrogen) atoms. The van der Waals surface area contributed by atoms with E-state index in [0.717, 1.165) is 12.1 Å². The summed E-state index contributed by atoms with van der Waals surface area (Å²) in [4.78, 5) is 0. The molecule has 0 amide bonds. The predicted molar refractivity (Wildman–Crippen MR) is 39.0 cm³/mol. The van der Waals surface area contributed by atoms with E-state index >= 15 is 0 Å². The maximum absolute atomic E-state index is 12.7. The Bertz CT molecular complexity index is 314. The number of halogens is 2. The van der Waals surface area contributed by atoms with Crippen molar-refractivity contribution in [2.75, 3.05) is 0 Å². The zero-order valence-corrected chi connectivity index (χ0v) is 6.74. The van der Waals surface area contributed by atoms with Crippen molar-refractivity contribution < 1.29 is 17.5 Å². The van der Waals surface area contributed by atoms with Crippen molar-refractivity contribution in [3.05, 3.63) is 35.4 Å². The minimum atomic E-state index is -2.35. The zero-order chi connectivity index (χ0) is 9.14. The lowest BCUT2D eigenvalue weighted by molar-refractivity contribution is 0.531. The second kappa shape index (κ2) is 3.73. The van der Waals surface area contributed by atoms with Gasteiger partial charge in [0, 0.05) is 11.8 Å². The summed E-state index contributed by atoms with van der Waals surface area (Å²) in [5.41, 5.74) is -0.0234. The molecule has 5 heteroatoms. The van der Waals surface area contributed by atoms with Crippen LogP contribution in [0.25, 0.3) is 0 Å². The van der Waals surface area contributed by atoms with Gasteiger partial charge in [-0.25, -0.2) is 8.78 Å². The maximum atomic E-state index is 12.7. The normalized spacial score (nSPS) is 12.9. The molecule has 0 aliphatic heterocycles. The van der Waals surface area contributed by atoms with Gasteiger partial charge < -0.3 is 4.55 Å². The quantitative estimate of drug-likeness (QED) is 0.662. The first kappa shape index (κ1) is 9.28. The molecule has 0 bridgehead atoms. The third kappa shape index (κ3) is 2.35. The summed E-state index contributed by atoms with van der Waals surface area (Å²) in [6, 6.07) is 2.79. The number of benzene rings is 1. The molecule has 1 atom stereocenters. The van der Waals surface area contributed by atoms with Crippen LogP contribution in [0, 0.1) is 11.6 Å². The average Bonchev–Trinajstić information content (AvgIpc) is 1.94. The molecule has 0 aliphatic rings. The van der Waals surface area contributed by atoms with Gasteiger partial charge in [0.1, 0.15) is 11.6 Å². The summed E-state index contributed by atoms with van der Waals surface area (Å²) in [5.74, 6) is -1.97. The molecule has 0 aliphatic carbocycles. The molecule has 0 aromatic heterocycles. The van der Waals surface area contributed by atoms with Crippen molar-refractivity contribution >= 4 is 11.1 Å². The van der Waals surface area contributed by atoms with Crippen molar-refractivity contribution in [1.29, 1.82) is 0 Å². The molecule has 0 heterocycles. The van der Waals surface area contributed by atoms with Crippen molar-refractivity contribution in [3.8, 4) is 0 Å². The highest BCUT2D eigenvalue weighted by molar-refractivity contribution is 7.78. The van der Waals surface area contributed by atoms with Gasteiger partial charge in [-0.2, -0.15) is 0 Å². The van der Waals surface area contributed by atoms with E-state index in [4.69, 9.17) is 0 Å². The van der Waals surface area contributed by atoms with E-state index < -0.39 is 28.5 Å². The molecule has 0 fully saturated rings. The molecule has 66 valence electrons. The Morgan fingerprint density at radius 1 is 1.42 bits per heavy atom. The molecule has 0 spiro atoms. The standard InChI is InChI=1S/C7H6F2O2S/c8-6-2-1-5(4-12(10)11)7(9)3-6/h1-3H,4H2,(H,10,11)/p-1. The maximum Gasteiger partial charge on any atom is 0.130 e. The SMILES string of the molecule is O=S([O-])Cc1ccc(F)cc1F. The molecule has 1 aromatic rings. The van der Waals surface area contributed by atoms with E-state index in [0.29, 0.717) is 6.07 Å².